The van der Waals surface area contributed by atoms with Gasteiger partial charge in [0.25, 0.3) is 0 Å². The van der Waals surface area contributed by atoms with Crippen LogP contribution in [-0.2, 0) is 9.53 Å². The Morgan fingerprint density at radius 1 is 1.35 bits per heavy atom. The number of anilines is 1. The molecule has 0 spiro atoms. The fraction of sp³-hybridized carbons (Fsp3) is 0.467. The molecule has 1 aliphatic heterocycles. The number of aromatic nitrogens is 4. The number of tetrazole rings is 1. The normalized spacial score (nSPS) is 16.9. The third-order valence-corrected chi connectivity index (χ3v) is 4.31. The van der Waals surface area contributed by atoms with E-state index < -0.39 is 5.41 Å². The Kier molecular flexibility index (Phi) is 4.24. The van der Waals surface area contributed by atoms with Crippen molar-refractivity contribution in [3.05, 3.63) is 29.8 Å². The van der Waals surface area contributed by atoms with E-state index in [2.05, 4.69) is 20.8 Å². The molecule has 3 rings (SSSR count). The standard InChI is InChI=1S/C15H20N6O2/c1-11-2-4-12(5-3-11)21-14(18-19-20-21)17-10-15(13(16)22)6-8-23-9-7-15/h2-5H,6-10H2,1H3,(H2,16,22)(H,17,18,20). The highest BCUT2D eigenvalue weighted by Crippen LogP contribution is 2.30. The van der Waals surface area contributed by atoms with E-state index in [1.165, 1.54) is 0 Å². The maximum Gasteiger partial charge on any atom is 0.247 e. The zero-order chi connectivity index (χ0) is 16.3. The molecule has 0 atom stereocenters. The summed E-state index contributed by atoms with van der Waals surface area (Å²) in [5.74, 6) is 0.170. The van der Waals surface area contributed by atoms with E-state index in [9.17, 15) is 4.79 Å². The molecule has 23 heavy (non-hydrogen) atoms. The highest BCUT2D eigenvalue weighted by Gasteiger charge is 2.38. The highest BCUT2D eigenvalue weighted by atomic mass is 16.5. The van der Waals surface area contributed by atoms with Crippen LogP contribution in [0.4, 0.5) is 5.95 Å². The lowest BCUT2D eigenvalue weighted by atomic mass is 9.79. The van der Waals surface area contributed by atoms with Gasteiger partial charge in [-0.2, -0.15) is 4.68 Å². The smallest absolute Gasteiger partial charge is 0.247 e. The Balaban J connectivity index is 1.77. The van der Waals surface area contributed by atoms with Gasteiger partial charge in [-0.05, 0) is 42.3 Å². The van der Waals surface area contributed by atoms with Crippen LogP contribution in [0.25, 0.3) is 5.69 Å². The molecule has 1 aliphatic rings. The molecule has 0 unspecified atom stereocenters. The summed E-state index contributed by atoms with van der Waals surface area (Å²) >= 11 is 0. The minimum Gasteiger partial charge on any atom is -0.381 e. The number of carbonyl (C=O) groups is 1. The lowest BCUT2D eigenvalue weighted by Crippen LogP contribution is -2.46. The van der Waals surface area contributed by atoms with E-state index in [1.54, 1.807) is 4.68 Å². The summed E-state index contributed by atoms with van der Waals surface area (Å²) in [7, 11) is 0. The van der Waals surface area contributed by atoms with Crippen LogP contribution in [0.15, 0.2) is 24.3 Å². The molecule has 8 heteroatoms. The first-order valence-electron chi connectivity index (χ1n) is 7.58. The molecule has 2 aromatic rings. The highest BCUT2D eigenvalue weighted by molar-refractivity contribution is 5.81. The van der Waals surface area contributed by atoms with Gasteiger partial charge < -0.3 is 15.8 Å². The second kappa shape index (κ2) is 6.33. The molecule has 8 nitrogen and oxygen atoms in total. The summed E-state index contributed by atoms with van der Waals surface area (Å²) in [6.45, 7) is 3.48. The van der Waals surface area contributed by atoms with Crippen LogP contribution in [0.2, 0.25) is 0 Å². The van der Waals surface area contributed by atoms with E-state index >= 15 is 0 Å². The number of carbonyl (C=O) groups excluding carboxylic acids is 1. The maximum atomic E-state index is 11.9. The van der Waals surface area contributed by atoms with E-state index in [0.717, 1.165) is 11.3 Å². The van der Waals surface area contributed by atoms with Gasteiger partial charge in [0.05, 0.1) is 11.1 Å². The van der Waals surface area contributed by atoms with Crippen molar-refractivity contribution in [1.82, 2.24) is 20.2 Å². The summed E-state index contributed by atoms with van der Waals surface area (Å²) in [5.41, 5.74) is 7.00. The van der Waals surface area contributed by atoms with Crippen molar-refractivity contribution in [3.63, 3.8) is 0 Å². The Labute approximate surface area is 134 Å². The fourth-order valence-corrected chi connectivity index (χ4v) is 2.68. The van der Waals surface area contributed by atoms with Gasteiger partial charge >= 0.3 is 0 Å². The number of primary amides is 1. The van der Waals surface area contributed by atoms with Crippen LogP contribution < -0.4 is 11.1 Å². The molecule has 0 bridgehead atoms. The molecule has 0 radical (unpaired) electrons. The molecule has 0 saturated carbocycles. The van der Waals surface area contributed by atoms with Gasteiger partial charge in [-0.1, -0.05) is 22.8 Å². The quantitative estimate of drug-likeness (QED) is 0.839. The topological polar surface area (TPSA) is 108 Å². The number of amides is 1. The van der Waals surface area contributed by atoms with Gasteiger partial charge in [-0.25, -0.2) is 0 Å². The predicted molar refractivity (Wildman–Crippen MR) is 84.1 cm³/mol. The molecule has 1 saturated heterocycles. The average molecular weight is 316 g/mol. The van der Waals surface area contributed by atoms with Crippen molar-refractivity contribution in [2.75, 3.05) is 25.1 Å². The van der Waals surface area contributed by atoms with E-state index in [-0.39, 0.29) is 5.91 Å². The number of nitrogens with zero attached hydrogens (tertiary/aromatic N) is 4. The molecular weight excluding hydrogens is 296 g/mol. The van der Waals surface area contributed by atoms with E-state index in [4.69, 9.17) is 10.5 Å². The number of ether oxygens (including phenoxy) is 1. The van der Waals surface area contributed by atoms with Gasteiger partial charge in [-0.15, -0.1) is 0 Å². The Bertz CT molecular complexity index is 676. The van der Waals surface area contributed by atoms with Crippen molar-refractivity contribution < 1.29 is 9.53 Å². The first kappa shape index (κ1) is 15.4. The van der Waals surface area contributed by atoms with Gasteiger partial charge in [0.2, 0.25) is 11.9 Å². The number of nitrogens with two attached hydrogens (primary N) is 1. The lowest BCUT2D eigenvalue weighted by Gasteiger charge is -2.34. The van der Waals surface area contributed by atoms with E-state index in [1.807, 2.05) is 31.2 Å². The largest absolute Gasteiger partial charge is 0.381 e. The molecular formula is C15H20N6O2. The van der Waals surface area contributed by atoms with Gasteiger partial charge in [0, 0.05) is 19.8 Å². The van der Waals surface area contributed by atoms with Crippen molar-refractivity contribution in [3.8, 4) is 5.69 Å². The van der Waals surface area contributed by atoms with Crippen LogP contribution in [-0.4, -0.2) is 45.9 Å². The molecule has 1 aromatic heterocycles. The number of benzene rings is 1. The van der Waals surface area contributed by atoms with Crippen LogP contribution in [0.3, 0.4) is 0 Å². The fourth-order valence-electron chi connectivity index (χ4n) is 2.68. The summed E-state index contributed by atoms with van der Waals surface area (Å²) in [6, 6.07) is 7.86. The number of rotatable bonds is 5. The maximum absolute atomic E-state index is 11.9. The van der Waals surface area contributed by atoms with Crippen molar-refractivity contribution in [2.45, 2.75) is 19.8 Å². The Morgan fingerprint density at radius 2 is 2.04 bits per heavy atom. The monoisotopic (exact) mass is 316 g/mol. The first-order chi connectivity index (χ1) is 11.1. The number of hydrogen-bond donors (Lipinski definition) is 2. The Hall–Kier alpha value is -2.48. The average Bonchev–Trinajstić information content (AvgIpc) is 3.03. The minimum absolute atomic E-state index is 0.317. The number of nitrogens with one attached hydrogen (secondary N) is 1. The van der Waals surface area contributed by atoms with Gasteiger partial charge in [0.15, 0.2) is 0 Å². The van der Waals surface area contributed by atoms with Crippen molar-refractivity contribution in [2.24, 2.45) is 11.1 Å². The third kappa shape index (κ3) is 3.16. The molecule has 3 N–H and O–H groups in total. The molecule has 1 amide bonds. The lowest BCUT2D eigenvalue weighted by molar-refractivity contribution is -0.132. The summed E-state index contributed by atoms with van der Waals surface area (Å²) in [4.78, 5) is 11.9. The SMILES string of the molecule is Cc1ccc(-n2nnnc2NCC2(C(N)=O)CCOCC2)cc1. The molecule has 1 fully saturated rings. The van der Waals surface area contributed by atoms with Gasteiger partial charge in [-0.3, -0.25) is 4.79 Å². The summed E-state index contributed by atoms with van der Waals surface area (Å²) in [6.07, 6.45) is 1.20. The molecule has 1 aromatic carbocycles. The van der Waals surface area contributed by atoms with Crippen LogP contribution in [0.1, 0.15) is 18.4 Å². The second-order valence-electron chi connectivity index (χ2n) is 5.86. The molecule has 0 aliphatic carbocycles. The first-order valence-corrected chi connectivity index (χ1v) is 7.58. The second-order valence-corrected chi connectivity index (χ2v) is 5.86. The number of hydrogen-bond acceptors (Lipinski definition) is 6. The number of aryl methyl sites for hydroxylation is 1. The van der Waals surface area contributed by atoms with Crippen molar-refractivity contribution >= 4 is 11.9 Å². The van der Waals surface area contributed by atoms with E-state index in [0.29, 0.717) is 38.5 Å². The van der Waals surface area contributed by atoms with Crippen LogP contribution in [0, 0.1) is 12.3 Å². The summed E-state index contributed by atoms with van der Waals surface area (Å²) < 4.78 is 6.94. The Morgan fingerprint density at radius 3 is 2.70 bits per heavy atom. The summed E-state index contributed by atoms with van der Waals surface area (Å²) in [5, 5.41) is 14.9. The minimum atomic E-state index is -0.623. The van der Waals surface area contributed by atoms with Crippen LogP contribution >= 0.6 is 0 Å². The predicted octanol–water partition coefficient (Wildman–Crippen LogP) is 0.665. The van der Waals surface area contributed by atoms with Gasteiger partial charge in [0.1, 0.15) is 0 Å². The van der Waals surface area contributed by atoms with Crippen molar-refractivity contribution in [1.29, 1.82) is 0 Å². The third-order valence-electron chi connectivity index (χ3n) is 4.31. The van der Waals surface area contributed by atoms with Crippen LogP contribution in [0.5, 0.6) is 0 Å². The molecule has 122 valence electrons. The zero-order valence-electron chi connectivity index (χ0n) is 13.0. The zero-order valence-corrected chi connectivity index (χ0v) is 13.0. The molecule has 2 heterocycles.